The number of hydrogen-bond acceptors (Lipinski definition) is 5. The molecule has 0 radical (unpaired) electrons. The van der Waals surface area contributed by atoms with Crippen molar-refractivity contribution in [1.29, 1.82) is 0 Å². The molecule has 0 saturated carbocycles. The standard InChI is InChI=1S/C24H29N5O3/c30-24(25-18-20-4-1-6-22(16-20)29-9-3-8-27-29)26-19-21-5-2-7-23(17-21)32-15-12-28-10-13-31-14-11-28/h1-9,16-17H,10-15,18-19H2,(H2,25,26,30). The largest absolute Gasteiger partial charge is 0.492 e. The molecule has 2 amide bonds. The van der Waals surface area contributed by atoms with Gasteiger partial charge in [0.2, 0.25) is 0 Å². The summed E-state index contributed by atoms with van der Waals surface area (Å²) in [5, 5.41) is 10.0. The van der Waals surface area contributed by atoms with Gasteiger partial charge in [-0.15, -0.1) is 0 Å². The number of morpholine rings is 1. The summed E-state index contributed by atoms with van der Waals surface area (Å²) in [5.74, 6) is 0.813. The van der Waals surface area contributed by atoms with Crippen LogP contribution in [0, 0.1) is 0 Å². The van der Waals surface area contributed by atoms with Crippen LogP contribution in [0.1, 0.15) is 11.1 Å². The maximum Gasteiger partial charge on any atom is 0.315 e. The fourth-order valence-corrected chi connectivity index (χ4v) is 3.52. The van der Waals surface area contributed by atoms with E-state index in [1.807, 2.05) is 60.8 Å². The minimum Gasteiger partial charge on any atom is -0.492 e. The number of rotatable bonds is 9. The first-order chi connectivity index (χ1) is 15.8. The van der Waals surface area contributed by atoms with Crippen LogP contribution in [0.2, 0.25) is 0 Å². The molecule has 1 fully saturated rings. The fraction of sp³-hybridized carbons (Fsp3) is 0.333. The van der Waals surface area contributed by atoms with E-state index in [1.165, 1.54) is 0 Å². The van der Waals surface area contributed by atoms with E-state index in [0.29, 0.717) is 19.7 Å². The molecule has 1 aromatic heterocycles. The topological polar surface area (TPSA) is 80.6 Å². The third kappa shape index (κ3) is 6.57. The van der Waals surface area contributed by atoms with Crippen molar-refractivity contribution in [3.8, 4) is 11.4 Å². The van der Waals surface area contributed by atoms with Gasteiger partial charge in [0.15, 0.2) is 0 Å². The van der Waals surface area contributed by atoms with Gasteiger partial charge in [0.25, 0.3) is 0 Å². The van der Waals surface area contributed by atoms with Crippen molar-refractivity contribution in [2.45, 2.75) is 13.1 Å². The number of carbonyl (C=O) groups excluding carboxylic acids is 1. The lowest BCUT2D eigenvalue weighted by Crippen LogP contribution is -2.38. The van der Waals surface area contributed by atoms with Crippen molar-refractivity contribution >= 4 is 6.03 Å². The molecule has 1 saturated heterocycles. The summed E-state index contributed by atoms with van der Waals surface area (Å²) in [5.41, 5.74) is 2.95. The molecule has 0 spiro atoms. The Morgan fingerprint density at radius 1 is 1.00 bits per heavy atom. The van der Waals surface area contributed by atoms with E-state index in [-0.39, 0.29) is 6.03 Å². The van der Waals surface area contributed by atoms with Gasteiger partial charge in [-0.05, 0) is 41.5 Å². The van der Waals surface area contributed by atoms with Crippen LogP contribution in [-0.2, 0) is 17.8 Å². The zero-order chi connectivity index (χ0) is 22.0. The predicted molar refractivity (Wildman–Crippen MR) is 122 cm³/mol. The first-order valence-corrected chi connectivity index (χ1v) is 10.9. The number of hydrogen-bond donors (Lipinski definition) is 2. The molecule has 0 unspecified atom stereocenters. The quantitative estimate of drug-likeness (QED) is 0.540. The van der Waals surface area contributed by atoms with Crippen LogP contribution in [0.25, 0.3) is 5.69 Å². The molecule has 0 aliphatic carbocycles. The highest BCUT2D eigenvalue weighted by Gasteiger charge is 2.10. The van der Waals surface area contributed by atoms with Gasteiger partial charge >= 0.3 is 6.03 Å². The zero-order valence-corrected chi connectivity index (χ0v) is 18.1. The first kappa shape index (κ1) is 21.9. The van der Waals surface area contributed by atoms with Gasteiger partial charge < -0.3 is 20.1 Å². The number of nitrogens with one attached hydrogen (secondary N) is 2. The van der Waals surface area contributed by atoms with E-state index in [0.717, 1.165) is 55.4 Å². The molecule has 8 heteroatoms. The number of benzene rings is 2. The number of ether oxygens (including phenoxy) is 2. The van der Waals surface area contributed by atoms with Crippen LogP contribution < -0.4 is 15.4 Å². The Kier molecular flexibility index (Phi) is 7.73. The summed E-state index contributed by atoms with van der Waals surface area (Å²) >= 11 is 0. The van der Waals surface area contributed by atoms with E-state index in [4.69, 9.17) is 9.47 Å². The Labute approximate surface area is 188 Å². The molecule has 2 aromatic carbocycles. The van der Waals surface area contributed by atoms with Gasteiger partial charge in [-0.3, -0.25) is 4.90 Å². The van der Waals surface area contributed by atoms with E-state index in [1.54, 1.807) is 10.9 Å². The fourth-order valence-electron chi connectivity index (χ4n) is 3.52. The van der Waals surface area contributed by atoms with Gasteiger partial charge in [0.05, 0.1) is 18.9 Å². The number of amides is 2. The minimum atomic E-state index is -0.215. The van der Waals surface area contributed by atoms with Gasteiger partial charge in [-0.2, -0.15) is 5.10 Å². The summed E-state index contributed by atoms with van der Waals surface area (Å²) < 4.78 is 13.0. The lowest BCUT2D eigenvalue weighted by Gasteiger charge is -2.26. The van der Waals surface area contributed by atoms with Gasteiger partial charge in [0.1, 0.15) is 12.4 Å². The molecule has 1 aliphatic rings. The van der Waals surface area contributed by atoms with Gasteiger partial charge in [-0.1, -0.05) is 24.3 Å². The summed E-state index contributed by atoms with van der Waals surface area (Å²) in [6, 6.07) is 17.4. The molecule has 1 aliphatic heterocycles. The maximum atomic E-state index is 12.2. The summed E-state index contributed by atoms with van der Waals surface area (Å²) in [4.78, 5) is 14.6. The van der Waals surface area contributed by atoms with E-state index >= 15 is 0 Å². The number of nitrogens with zero attached hydrogens (tertiary/aromatic N) is 3. The molecule has 2 N–H and O–H groups in total. The van der Waals surface area contributed by atoms with Crippen molar-refractivity contribution in [1.82, 2.24) is 25.3 Å². The third-order valence-electron chi connectivity index (χ3n) is 5.26. The van der Waals surface area contributed by atoms with Gasteiger partial charge in [-0.25, -0.2) is 9.48 Å². The summed E-state index contributed by atoms with van der Waals surface area (Å²) in [7, 11) is 0. The number of urea groups is 1. The molecule has 4 rings (SSSR count). The van der Waals surface area contributed by atoms with Crippen LogP contribution in [0.15, 0.2) is 67.0 Å². The Balaban J connectivity index is 1.19. The van der Waals surface area contributed by atoms with Crippen LogP contribution in [-0.4, -0.2) is 60.2 Å². The highest BCUT2D eigenvalue weighted by molar-refractivity contribution is 5.73. The van der Waals surface area contributed by atoms with Crippen LogP contribution >= 0.6 is 0 Å². The highest BCUT2D eigenvalue weighted by atomic mass is 16.5. The summed E-state index contributed by atoms with van der Waals surface area (Å²) in [6.07, 6.45) is 3.63. The van der Waals surface area contributed by atoms with Gasteiger partial charge in [0, 0.05) is 45.1 Å². The second-order valence-electron chi connectivity index (χ2n) is 7.61. The average Bonchev–Trinajstić information content (AvgIpc) is 3.38. The Bertz CT molecular complexity index is 987. The SMILES string of the molecule is O=C(NCc1cccc(OCCN2CCOCC2)c1)NCc1cccc(-n2cccn2)c1. The lowest BCUT2D eigenvalue weighted by molar-refractivity contribution is 0.0322. The normalized spacial score (nSPS) is 14.1. The first-order valence-electron chi connectivity index (χ1n) is 10.9. The minimum absolute atomic E-state index is 0.215. The second kappa shape index (κ2) is 11.3. The van der Waals surface area contributed by atoms with E-state index in [9.17, 15) is 4.79 Å². The maximum absolute atomic E-state index is 12.2. The number of aromatic nitrogens is 2. The van der Waals surface area contributed by atoms with Crippen LogP contribution in [0.5, 0.6) is 5.75 Å². The van der Waals surface area contributed by atoms with Crippen molar-refractivity contribution in [3.05, 3.63) is 78.1 Å². The van der Waals surface area contributed by atoms with E-state index in [2.05, 4.69) is 20.6 Å². The molecule has 32 heavy (non-hydrogen) atoms. The predicted octanol–water partition coefficient (Wildman–Crippen LogP) is 2.58. The third-order valence-corrected chi connectivity index (χ3v) is 5.26. The van der Waals surface area contributed by atoms with Crippen molar-refractivity contribution in [3.63, 3.8) is 0 Å². The van der Waals surface area contributed by atoms with Crippen LogP contribution in [0.3, 0.4) is 0 Å². The molecule has 8 nitrogen and oxygen atoms in total. The molecule has 0 atom stereocenters. The molecule has 2 heterocycles. The number of carbonyl (C=O) groups is 1. The smallest absolute Gasteiger partial charge is 0.315 e. The van der Waals surface area contributed by atoms with Crippen molar-refractivity contribution in [2.75, 3.05) is 39.5 Å². The monoisotopic (exact) mass is 435 g/mol. The summed E-state index contributed by atoms with van der Waals surface area (Å²) in [6.45, 7) is 5.88. The Morgan fingerprint density at radius 2 is 1.75 bits per heavy atom. The molecule has 3 aromatic rings. The highest BCUT2D eigenvalue weighted by Crippen LogP contribution is 2.13. The van der Waals surface area contributed by atoms with Crippen molar-refractivity contribution in [2.24, 2.45) is 0 Å². The second-order valence-corrected chi connectivity index (χ2v) is 7.61. The van der Waals surface area contributed by atoms with Crippen molar-refractivity contribution < 1.29 is 14.3 Å². The zero-order valence-electron chi connectivity index (χ0n) is 18.1. The van der Waals surface area contributed by atoms with E-state index < -0.39 is 0 Å². The Hall–Kier alpha value is -3.36. The van der Waals surface area contributed by atoms with Crippen LogP contribution in [0.4, 0.5) is 4.79 Å². The molecule has 0 bridgehead atoms. The molecular weight excluding hydrogens is 406 g/mol. The molecular formula is C24H29N5O3. The Morgan fingerprint density at radius 3 is 2.50 bits per heavy atom. The lowest BCUT2D eigenvalue weighted by atomic mass is 10.2. The molecule has 168 valence electrons. The average molecular weight is 436 g/mol.